The molecule has 0 aliphatic heterocycles. The van der Waals surface area contributed by atoms with Crippen molar-refractivity contribution >= 4 is 39.7 Å². The SMILES string of the molecule is COc1ccc(-c2nc(SCC(=O)NCCc3nc4ccccc4[nH]3)c3cnn(-c4ccccc4)c3n2)cc1. The molecule has 9 nitrogen and oxygen atoms in total. The Hall–Kier alpha value is -4.70. The van der Waals surface area contributed by atoms with E-state index in [-0.39, 0.29) is 11.7 Å². The Morgan fingerprint density at radius 3 is 2.56 bits per heavy atom. The van der Waals surface area contributed by atoms with Crippen LogP contribution in [0.2, 0.25) is 0 Å². The molecule has 0 spiro atoms. The number of nitrogens with one attached hydrogen (secondary N) is 2. The fraction of sp³-hybridized carbons (Fsp3) is 0.138. The molecule has 3 aromatic carbocycles. The van der Waals surface area contributed by atoms with Crippen molar-refractivity contribution in [3.05, 3.63) is 90.9 Å². The molecule has 6 rings (SSSR count). The van der Waals surface area contributed by atoms with E-state index in [1.807, 2.05) is 78.9 Å². The predicted octanol–water partition coefficient (Wildman–Crippen LogP) is 4.82. The van der Waals surface area contributed by atoms with Crippen LogP contribution in [0.15, 0.2) is 90.1 Å². The molecule has 10 heteroatoms. The van der Waals surface area contributed by atoms with Gasteiger partial charge in [0.05, 0.1) is 41.2 Å². The van der Waals surface area contributed by atoms with Crippen molar-refractivity contribution in [1.29, 1.82) is 0 Å². The van der Waals surface area contributed by atoms with Crippen molar-refractivity contribution in [1.82, 2.24) is 35.0 Å². The molecule has 0 unspecified atom stereocenters. The summed E-state index contributed by atoms with van der Waals surface area (Å²) in [7, 11) is 1.63. The van der Waals surface area contributed by atoms with Crippen LogP contribution >= 0.6 is 11.8 Å². The second-order valence-electron chi connectivity index (χ2n) is 8.80. The second kappa shape index (κ2) is 11.0. The molecule has 0 radical (unpaired) electrons. The van der Waals surface area contributed by atoms with Crippen LogP contribution in [-0.4, -0.2) is 55.0 Å². The topological polar surface area (TPSA) is 111 Å². The summed E-state index contributed by atoms with van der Waals surface area (Å²) in [6.07, 6.45) is 2.37. The van der Waals surface area contributed by atoms with Crippen molar-refractivity contribution in [2.75, 3.05) is 19.4 Å². The Balaban J connectivity index is 1.21. The zero-order valence-electron chi connectivity index (χ0n) is 21.2. The second-order valence-corrected chi connectivity index (χ2v) is 9.76. The number of nitrogens with zero attached hydrogens (tertiary/aromatic N) is 5. The molecule has 3 heterocycles. The van der Waals surface area contributed by atoms with E-state index < -0.39 is 0 Å². The van der Waals surface area contributed by atoms with Crippen LogP contribution in [0.4, 0.5) is 0 Å². The number of benzene rings is 3. The van der Waals surface area contributed by atoms with Crippen LogP contribution in [0.3, 0.4) is 0 Å². The maximum absolute atomic E-state index is 12.7. The molecule has 0 aliphatic rings. The highest BCUT2D eigenvalue weighted by Gasteiger charge is 2.17. The minimum atomic E-state index is -0.0793. The van der Waals surface area contributed by atoms with Gasteiger partial charge in [-0.3, -0.25) is 4.79 Å². The van der Waals surface area contributed by atoms with Crippen LogP contribution < -0.4 is 10.1 Å². The van der Waals surface area contributed by atoms with Crippen molar-refractivity contribution in [2.24, 2.45) is 0 Å². The summed E-state index contributed by atoms with van der Waals surface area (Å²) in [5.74, 6) is 2.28. The van der Waals surface area contributed by atoms with Gasteiger partial charge < -0.3 is 15.0 Å². The summed E-state index contributed by atoms with van der Waals surface area (Å²) in [4.78, 5) is 30.3. The normalized spacial score (nSPS) is 11.2. The van der Waals surface area contributed by atoms with E-state index in [1.165, 1.54) is 11.8 Å². The summed E-state index contributed by atoms with van der Waals surface area (Å²) in [5, 5.41) is 9.06. The average Bonchev–Trinajstić information content (AvgIpc) is 3.60. The Morgan fingerprint density at radius 2 is 1.77 bits per heavy atom. The van der Waals surface area contributed by atoms with Gasteiger partial charge >= 0.3 is 0 Å². The van der Waals surface area contributed by atoms with E-state index in [0.717, 1.165) is 39.2 Å². The molecule has 0 fully saturated rings. The van der Waals surface area contributed by atoms with E-state index in [4.69, 9.17) is 14.7 Å². The van der Waals surface area contributed by atoms with Crippen LogP contribution in [0.1, 0.15) is 5.82 Å². The third-order valence-corrected chi connectivity index (χ3v) is 7.20. The summed E-state index contributed by atoms with van der Waals surface area (Å²) in [6, 6.07) is 25.3. The van der Waals surface area contributed by atoms with Crippen molar-refractivity contribution in [2.45, 2.75) is 11.4 Å². The number of ether oxygens (including phenoxy) is 1. The minimum Gasteiger partial charge on any atom is -0.497 e. The lowest BCUT2D eigenvalue weighted by atomic mass is 10.2. The Morgan fingerprint density at radius 1 is 0.974 bits per heavy atom. The molecule has 39 heavy (non-hydrogen) atoms. The number of H-pyrrole nitrogens is 1. The maximum Gasteiger partial charge on any atom is 0.230 e. The van der Waals surface area contributed by atoms with Gasteiger partial charge in [0.2, 0.25) is 5.91 Å². The van der Waals surface area contributed by atoms with Gasteiger partial charge in [-0.1, -0.05) is 42.1 Å². The van der Waals surface area contributed by atoms with Gasteiger partial charge in [-0.05, 0) is 48.5 Å². The first-order chi connectivity index (χ1) is 19.2. The fourth-order valence-corrected chi connectivity index (χ4v) is 5.07. The number of imidazole rings is 1. The number of carbonyl (C=O) groups excluding carboxylic acids is 1. The number of rotatable bonds is 9. The smallest absolute Gasteiger partial charge is 0.230 e. The average molecular weight is 536 g/mol. The number of hydrogen-bond acceptors (Lipinski definition) is 7. The van der Waals surface area contributed by atoms with Gasteiger partial charge in [0.15, 0.2) is 11.5 Å². The number of fused-ring (bicyclic) bond motifs is 2. The molecule has 2 N–H and O–H groups in total. The number of carbonyl (C=O) groups is 1. The number of amides is 1. The van der Waals surface area contributed by atoms with Crippen LogP contribution in [-0.2, 0) is 11.2 Å². The van der Waals surface area contributed by atoms with E-state index >= 15 is 0 Å². The molecular formula is C29H25N7O2S. The zero-order valence-corrected chi connectivity index (χ0v) is 22.0. The first-order valence-electron chi connectivity index (χ1n) is 12.5. The highest BCUT2D eigenvalue weighted by molar-refractivity contribution is 8.00. The van der Waals surface area contributed by atoms with Crippen molar-refractivity contribution < 1.29 is 9.53 Å². The van der Waals surface area contributed by atoms with Gasteiger partial charge in [0, 0.05) is 18.5 Å². The fourth-order valence-electron chi connectivity index (χ4n) is 4.25. The summed E-state index contributed by atoms with van der Waals surface area (Å²) in [6.45, 7) is 0.488. The number of aromatic nitrogens is 6. The van der Waals surface area contributed by atoms with E-state index in [2.05, 4.69) is 20.4 Å². The number of thioether (sulfide) groups is 1. The van der Waals surface area contributed by atoms with Gasteiger partial charge in [-0.15, -0.1) is 0 Å². The molecule has 194 valence electrons. The Bertz CT molecular complexity index is 1710. The lowest BCUT2D eigenvalue weighted by Crippen LogP contribution is -2.27. The van der Waals surface area contributed by atoms with Crippen LogP contribution in [0.5, 0.6) is 5.75 Å². The molecule has 0 bridgehead atoms. The summed E-state index contributed by atoms with van der Waals surface area (Å²) < 4.78 is 7.09. The molecule has 0 aliphatic carbocycles. The molecule has 6 aromatic rings. The lowest BCUT2D eigenvalue weighted by molar-refractivity contribution is -0.118. The van der Waals surface area contributed by atoms with Crippen molar-refractivity contribution in [3.8, 4) is 22.8 Å². The number of hydrogen-bond donors (Lipinski definition) is 2. The largest absolute Gasteiger partial charge is 0.497 e. The molecule has 3 aromatic heterocycles. The van der Waals surface area contributed by atoms with E-state index in [1.54, 1.807) is 18.0 Å². The number of methoxy groups -OCH3 is 1. The highest BCUT2D eigenvalue weighted by atomic mass is 32.2. The molecule has 0 saturated carbocycles. The lowest BCUT2D eigenvalue weighted by Gasteiger charge is -2.09. The Labute approximate surface area is 228 Å². The molecule has 0 atom stereocenters. The first-order valence-corrected chi connectivity index (χ1v) is 13.5. The maximum atomic E-state index is 12.7. The van der Waals surface area contributed by atoms with Gasteiger partial charge in [0.1, 0.15) is 16.6 Å². The van der Waals surface area contributed by atoms with Gasteiger partial charge in [-0.2, -0.15) is 5.10 Å². The molecular weight excluding hydrogens is 510 g/mol. The predicted molar refractivity (Wildman–Crippen MR) is 152 cm³/mol. The van der Waals surface area contributed by atoms with Crippen molar-refractivity contribution in [3.63, 3.8) is 0 Å². The number of aromatic amines is 1. The monoisotopic (exact) mass is 535 g/mol. The molecule has 0 saturated heterocycles. The van der Waals surface area contributed by atoms with Gasteiger partial charge in [-0.25, -0.2) is 19.6 Å². The highest BCUT2D eigenvalue weighted by Crippen LogP contribution is 2.30. The van der Waals surface area contributed by atoms with Crippen LogP contribution in [0, 0.1) is 0 Å². The van der Waals surface area contributed by atoms with E-state index in [0.29, 0.717) is 29.5 Å². The zero-order chi connectivity index (χ0) is 26.6. The minimum absolute atomic E-state index is 0.0793. The van der Waals surface area contributed by atoms with E-state index in [9.17, 15) is 4.79 Å². The first kappa shape index (κ1) is 24.6. The van der Waals surface area contributed by atoms with Gasteiger partial charge in [0.25, 0.3) is 0 Å². The standard InChI is InChI=1S/C29H25N7O2S/c1-38-21-13-11-19(12-14-21)27-34-28-22(17-31-36(28)20-7-3-2-4-8-20)29(35-27)39-18-26(37)30-16-15-25-32-23-9-5-6-10-24(23)33-25/h2-14,17H,15-16,18H2,1H3,(H,30,37)(H,32,33). The third kappa shape index (κ3) is 5.32. The number of para-hydroxylation sites is 3. The Kier molecular flexibility index (Phi) is 6.92. The molecule has 1 amide bonds. The summed E-state index contributed by atoms with van der Waals surface area (Å²) >= 11 is 1.37. The third-order valence-electron chi connectivity index (χ3n) is 6.20. The van der Waals surface area contributed by atoms with Crippen LogP contribution in [0.25, 0.3) is 39.1 Å². The quantitative estimate of drug-likeness (QED) is 0.202. The summed E-state index contributed by atoms with van der Waals surface area (Å²) in [5.41, 5.74) is 4.33.